The maximum absolute atomic E-state index is 9.61. The Balaban J connectivity index is 2.14. The Morgan fingerprint density at radius 1 is 1.29 bits per heavy atom. The van der Waals surface area contributed by atoms with Gasteiger partial charge in [-0.05, 0) is 24.3 Å². The summed E-state index contributed by atoms with van der Waals surface area (Å²) < 4.78 is 10.0. The number of nitrogens with one attached hydrogen (secondary N) is 1. The standard InChI is InChI=1S/C12H18ClNO3/c1-16-6-7-17-9-12(15)8-14-11-4-2-10(13)3-5-11/h2-5,12,14-15H,6-9H2,1H3. The van der Waals surface area contributed by atoms with Gasteiger partial charge in [-0.15, -0.1) is 0 Å². The van der Waals surface area contributed by atoms with Gasteiger partial charge in [0.05, 0.1) is 25.9 Å². The number of rotatable bonds is 8. The molecule has 0 heterocycles. The second-order valence-electron chi connectivity index (χ2n) is 3.61. The second-order valence-corrected chi connectivity index (χ2v) is 4.05. The van der Waals surface area contributed by atoms with Crippen LogP contribution >= 0.6 is 11.6 Å². The van der Waals surface area contributed by atoms with Crippen molar-refractivity contribution in [1.82, 2.24) is 0 Å². The molecule has 4 nitrogen and oxygen atoms in total. The highest BCUT2D eigenvalue weighted by molar-refractivity contribution is 6.30. The Labute approximate surface area is 106 Å². The minimum Gasteiger partial charge on any atom is -0.389 e. The highest BCUT2D eigenvalue weighted by Crippen LogP contribution is 2.13. The third-order valence-corrected chi connectivity index (χ3v) is 2.38. The van der Waals surface area contributed by atoms with Crippen molar-refractivity contribution in [2.75, 3.05) is 38.8 Å². The first-order chi connectivity index (χ1) is 8.22. The Morgan fingerprint density at radius 2 is 2.00 bits per heavy atom. The first kappa shape index (κ1) is 14.3. The molecule has 1 aromatic carbocycles. The minimum atomic E-state index is -0.539. The lowest BCUT2D eigenvalue weighted by Gasteiger charge is -2.13. The van der Waals surface area contributed by atoms with Crippen molar-refractivity contribution in [3.63, 3.8) is 0 Å². The highest BCUT2D eigenvalue weighted by Gasteiger charge is 2.03. The lowest BCUT2D eigenvalue weighted by Crippen LogP contribution is -2.25. The SMILES string of the molecule is COCCOCC(O)CNc1ccc(Cl)cc1. The van der Waals surface area contributed by atoms with E-state index < -0.39 is 6.10 Å². The third-order valence-electron chi connectivity index (χ3n) is 2.13. The van der Waals surface area contributed by atoms with Crippen molar-refractivity contribution in [3.8, 4) is 0 Å². The molecular formula is C12H18ClNO3. The Hall–Kier alpha value is -0.810. The number of ether oxygens (including phenoxy) is 2. The molecule has 0 amide bonds. The van der Waals surface area contributed by atoms with E-state index in [1.54, 1.807) is 19.2 Å². The van der Waals surface area contributed by atoms with Gasteiger partial charge in [0.1, 0.15) is 0 Å². The van der Waals surface area contributed by atoms with Crippen molar-refractivity contribution < 1.29 is 14.6 Å². The topological polar surface area (TPSA) is 50.7 Å². The number of hydrogen-bond acceptors (Lipinski definition) is 4. The van der Waals surface area contributed by atoms with Crippen LogP contribution in [0.1, 0.15) is 0 Å². The number of halogens is 1. The number of hydrogen-bond donors (Lipinski definition) is 2. The Kier molecular flexibility index (Phi) is 6.96. The molecule has 0 bridgehead atoms. The van der Waals surface area contributed by atoms with Crippen molar-refractivity contribution in [1.29, 1.82) is 0 Å². The number of anilines is 1. The van der Waals surface area contributed by atoms with Crippen LogP contribution in [0.15, 0.2) is 24.3 Å². The first-order valence-corrected chi connectivity index (χ1v) is 5.84. The molecule has 2 N–H and O–H groups in total. The van der Waals surface area contributed by atoms with Gasteiger partial charge in [0.2, 0.25) is 0 Å². The van der Waals surface area contributed by atoms with Crippen LogP contribution in [-0.2, 0) is 9.47 Å². The summed E-state index contributed by atoms with van der Waals surface area (Å²) in [7, 11) is 1.61. The molecule has 0 aliphatic rings. The molecule has 0 spiro atoms. The number of methoxy groups -OCH3 is 1. The summed E-state index contributed by atoms with van der Waals surface area (Å²) in [6.45, 7) is 1.77. The van der Waals surface area contributed by atoms with Crippen LogP contribution in [0.5, 0.6) is 0 Å². The Morgan fingerprint density at radius 3 is 2.65 bits per heavy atom. The zero-order valence-electron chi connectivity index (χ0n) is 9.86. The number of aliphatic hydroxyl groups excluding tert-OH is 1. The molecule has 1 unspecified atom stereocenters. The predicted molar refractivity (Wildman–Crippen MR) is 68.6 cm³/mol. The summed E-state index contributed by atoms with van der Waals surface area (Å²) in [5, 5.41) is 13.4. The first-order valence-electron chi connectivity index (χ1n) is 5.46. The molecule has 0 saturated carbocycles. The van der Waals surface area contributed by atoms with Crippen molar-refractivity contribution in [2.24, 2.45) is 0 Å². The summed E-state index contributed by atoms with van der Waals surface area (Å²) in [6, 6.07) is 7.32. The zero-order valence-corrected chi connectivity index (χ0v) is 10.6. The molecule has 96 valence electrons. The van der Waals surface area contributed by atoms with Gasteiger partial charge in [-0.25, -0.2) is 0 Å². The summed E-state index contributed by atoms with van der Waals surface area (Å²) in [6.07, 6.45) is -0.539. The van der Waals surface area contributed by atoms with Crippen LogP contribution in [-0.4, -0.2) is 44.7 Å². The molecule has 0 saturated heterocycles. The van der Waals surface area contributed by atoms with Crippen LogP contribution in [0.4, 0.5) is 5.69 Å². The molecule has 0 fully saturated rings. The predicted octanol–water partition coefficient (Wildman–Crippen LogP) is 1.78. The van der Waals surface area contributed by atoms with Crippen LogP contribution in [0.2, 0.25) is 5.02 Å². The van der Waals surface area contributed by atoms with Crippen LogP contribution in [0, 0.1) is 0 Å². The lowest BCUT2D eigenvalue weighted by atomic mass is 10.3. The van der Waals surface area contributed by atoms with E-state index >= 15 is 0 Å². The minimum absolute atomic E-state index is 0.296. The lowest BCUT2D eigenvalue weighted by molar-refractivity contribution is 0.0182. The Bertz CT molecular complexity index is 305. The maximum Gasteiger partial charge on any atom is 0.0945 e. The van der Waals surface area contributed by atoms with Crippen molar-refractivity contribution in [3.05, 3.63) is 29.3 Å². The van der Waals surface area contributed by atoms with Gasteiger partial charge in [-0.2, -0.15) is 0 Å². The summed E-state index contributed by atoms with van der Waals surface area (Å²) in [4.78, 5) is 0. The fourth-order valence-corrected chi connectivity index (χ4v) is 1.35. The highest BCUT2D eigenvalue weighted by atomic mass is 35.5. The van der Waals surface area contributed by atoms with Crippen molar-refractivity contribution in [2.45, 2.75) is 6.10 Å². The van der Waals surface area contributed by atoms with E-state index in [1.807, 2.05) is 12.1 Å². The third kappa shape index (κ3) is 6.48. The van der Waals surface area contributed by atoms with Crippen LogP contribution in [0.3, 0.4) is 0 Å². The molecule has 0 aliphatic heterocycles. The van der Waals surface area contributed by atoms with E-state index in [2.05, 4.69) is 5.32 Å². The van der Waals surface area contributed by atoms with Crippen LogP contribution in [0.25, 0.3) is 0 Å². The van der Waals surface area contributed by atoms with E-state index in [1.165, 1.54) is 0 Å². The summed E-state index contributed by atoms with van der Waals surface area (Å²) >= 11 is 5.76. The molecular weight excluding hydrogens is 242 g/mol. The van der Waals surface area contributed by atoms with E-state index in [-0.39, 0.29) is 0 Å². The summed E-state index contributed by atoms with van der Waals surface area (Å²) in [5.74, 6) is 0. The fourth-order valence-electron chi connectivity index (χ4n) is 1.22. The van der Waals surface area contributed by atoms with E-state index in [4.69, 9.17) is 21.1 Å². The maximum atomic E-state index is 9.61. The molecule has 1 rings (SSSR count). The van der Waals surface area contributed by atoms with Gasteiger partial charge >= 0.3 is 0 Å². The second kappa shape index (κ2) is 8.31. The smallest absolute Gasteiger partial charge is 0.0945 e. The largest absolute Gasteiger partial charge is 0.389 e. The summed E-state index contributed by atoms with van der Waals surface area (Å²) in [5.41, 5.74) is 0.922. The molecule has 1 atom stereocenters. The quantitative estimate of drug-likeness (QED) is 0.699. The number of aliphatic hydroxyl groups is 1. The van der Waals surface area contributed by atoms with E-state index in [0.29, 0.717) is 31.4 Å². The number of benzene rings is 1. The van der Waals surface area contributed by atoms with Gasteiger partial charge in [0, 0.05) is 24.4 Å². The fraction of sp³-hybridized carbons (Fsp3) is 0.500. The van der Waals surface area contributed by atoms with Gasteiger partial charge in [-0.1, -0.05) is 11.6 Å². The molecule has 1 aromatic rings. The van der Waals surface area contributed by atoms with E-state index in [9.17, 15) is 5.11 Å². The monoisotopic (exact) mass is 259 g/mol. The molecule has 0 radical (unpaired) electrons. The molecule has 5 heteroatoms. The van der Waals surface area contributed by atoms with Gasteiger partial charge in [0.25, 0.3) is 0 Å². The van der Waals surface area contributed by atoms with Gasteiger partial charge in [0.15, 0.2) is 0 Å². The average molecular weight is 260 g/mol. The van der Waals surface area contributed by atoms with Crippen LogP contribution < -0.4 is 5.32 Å². The van der Waals surface area contributed by atoms with Gasteiger partial charge < -0.3 is 19.9 Å². The molecule has 0 aromatic heterocycles. The zero-order chi connectivity index (χ0) is 12.5. The van der Waals surface area contributed by atoms with Crippen molar-refractivity contribution >= 4 is 17.3 Å². The molecule has 0 aliphatic carbocycles. The normalized spacial score (nSPS) is 12.4. The molecule has 17 heavy (non-hydrogen) atoms. The van der Waals surface area contributed by atoms with E-state index in [0.717, 1.165) is 5.69 Å². The van der Waals surface area contributed by atoms with Gasteiger partial charge in [-0.3, -0.25) is 0 Å². The average Bonchev–Trinajstić information content (AvgIpc) is 2.34.